The molecule has 0 N–H and O–H groups in total. The van der Waals surface area contributed by atoms with Crippen molar-refractivity contribution in [2.24, 2.45) is 0 Å². The minimum Gasteiger partial charge on any atom is -0.310 e. The molecule has 2 aromatic heterocycles. The Morgan fingerprint density at radius 2 is 0.545 bits per heavy atom. The third kappa shape index (κ3) is 8.83. The molecule has 15 rings (SSSR count). The molecule has 0 unspecified atom stereocenters. The fourth-order valence-corrected chi connectivity index (χ4v) is 15.6. The number of hydrogen-bond acceptors (Lipinski definition) is 0. The molecule has 4 heteroatoms. The summed E-state index contributed by atoms with van der Waals surface area (Å²) in [6.07, 6.45) is 0. The summed E-state index contributed by atoms with van der Waals surface area (Å²) in [6, 6.07) is 85.0. The van der Waals surface area contributed by atoms with Crippen LogP contribution in [0.4, 0.5) is 0 Å². The van der Waals surface area contributed by atoms with Crippen molar-refractivity contribution in [1.82, 2.24) is 9.13 Å². The van der Waals surface area contributed by atoms with Crippen molar-refractivity contribution in [2.45, 2.75) is 119 Å². The molecule has 0 spiro atoms. The van der Waals surface area contributed by atoms with Gasteiger partial charge in [-0.1, -0.05) is 264 Å². The molecular formula is C84H78B2N2. The Bertz CT molecular complexity index is 4530. The fraction of sp³-hybridized carbons (Fsp3) is 0.214. The predicted octanol–water partition coefficient (Wildman–Crippen LogP) is 18.9. The van der Waals surface area contributed by atoms with Gasteiger partial charge in [0.15, 0.2) is 0 Å². The molecule has 430 valence electrons. The second-order valence-electron chi connectivity index (χ2n) is 27.5. The average molecular weight is 1140 g/mol. The van der Waals surface area contributed by atoms with Gasteiger partial charge in [-0.05, 0) is 184 Å². The second kappa shape index (κ2) is 21.5. The minimum absolute atomic E-state index is 0.0991. The first-order chi connectivity index (χ1) is 42.6. The van der Waals surface area contributed by atoms with Crippen LogP contribution in [0.3, 0.4) is 0 Å². The van der Waals surface area contributed by atoms with Gasteiger partial charge in [-0.2, -0.15) is 0 Å². The second-order valence-corrected chi connectivity index (χ2v) is 27.5. The van der Waals surface area contributed by atoms with Gasteiger partial charge < -0.3 is 9.13 Å². The first-order valence-electron chi connectivity index (χ1n) is 32.6. The average Bonchev–Trinajstić information content (AvgIpc) is 1.43. The lowest BCUT2D eigenvalue weighted by Crippen LogP contribution is -2.61. The number of nitrogens with zero attached hydrogens (tertiary/aromatic N) is 2. The van der Waals surface area contributed by atoms with E-state index in [1.54, 1.807) is 0 Å². The Labute approximate surface area is 522 Å². The molecule has 2 aliphatic heterocycles. The van der Waals surface area contributed by atoms with Crippen LogP contribution in [-0.4, -0.2) is 22.6 Å². The number of fused-ring (bicyclic) bond motifs is 10. The van der Waals surface area contributed by atoms with Gasteiger partial charge in [-0.3, -0.25) is 0 Å². The fourth-order valence-electron chi connectivity index (χ4n) is 15.6. The highest BCUT2D eigenvalue weighted by Gasteiger charge is 2.43. The number of hydrogen-bond donors (Lipinski definition) is 0. The predicted molar refractivity (Wildman–Crippen MR) is 384 cm³/mol. The monoisotopic (exact) mass is 1140 g/mol. The zero-order valence-electron chi connectivity index (χ0n) is 53.3. The summed E-state index contributed by atoms with van der Waals surface area (Å²) in [6.45, 7) is 28.7. The number of rotatable bonds is 12. The van der Waals surface area contributed by atoms with Gasteiger partial charge in [0.2, 0.25) is 13.4 Å². The molecule has 0 bridgehead atoms. The van der Waals surface area contributed by atoms with E-state index in [4.69, 9.17) is 0 Å². The highest BCUT2D eigenvalue weighted by atomic mass is 15.0. The molecule has 0 saturated carbocycles. The summed E-state index contributed by atoms with van der Waals surface area (Å²) >= 11 is 0. The van der Waals surface area contributed by atoms with E-state index in [1.165, 1.54) is 166 Å². The van der Waals surface area contributed by atoms with Crippen molar-refractivity contribution in [2.75, 3.05) is 0 Å². The molecule has 2 nitrogen and oxygen atoms in total. The van der Waals surface area contributed by atoms with Gasteiger partial charge in [0.05, 0.1) is 11.0 Å². The van der Waals surface area contributed by atoms with Crippen molar-refractivity contribution in [1.29, 1.82) is 0 Å². The minimum atomic E-state index is -0.0991. The van der Waals surface area contributed by atoms with Gasteiger partial charge >= 0.3 is 0 Å². The van der Waals surface area contributed by atoms with Crippen LogP contribution in [0.15, 0.2) is 218 Å². The zero-order valence-corrected chi connectivity index (χ0v) is 53.3. The lowest BCUT2D eigenvalue weighted by Gasteiger charge is -2.36. The van der Waals surface area contributed by atoms with Gasteiger partial charge in [0.1, 0.15) is 0 Å². The summed E-state index contributed by atoms with van der Waals surface area (Å²) in [7, 11) is 0. The van der Waals surface area contributed by atoms with E-state index in [9.17, 15) is 0 Å². The summed E-state index contributed by atoms with van der Waals surface area (Å²) in [5.41, 5.74) is 34.5. The van der Waals surface area contributed by atoms with Crippen molar-refractivity contribution >= 4 is 89.8 Å². The Morgan fingerprint density at radius 1 is 0.250 bits per heavy atom. The molecule has 13 aromatic rings. The van der Waals surface area contributed by atoms with Gasteiger partial charge in [-0.25, -0.2) is 0 Å². The van der Waals surface area contributed by atoms with Crippen LogP contribution >= 0.6 is 0 Å². The van der Waals surface area contributed by atoms with Crippen LogP contribution in [0.2, 0.25) is 0 Å². The Kier molecular flexibility index (Phi) is 13.6. The highest BCUT2D eigenvalue weighted by molar-refractivity contribution is 7.00. The quantitative estimate of drug-likeness (QED) is 0.108. The topological polar surface area (TPSA) is 9.86 Å². The van der Waals surface area contributed by atoms with Crippen LogP contribution in [0.1, 0.15) is 152 Å². The zero-order chi connectivity index (χ0) is 60.5. The summed E-state index contributed by atoms with van der Waals surface area (Å²) < 4.78 is 5.44. The van der Waals surface area contributed by atoms with Crippen LogP contribution in [0.25, 0.3) is 99.5 Å². The smallest absolute Gasteiger partial charge is 0.247 e. The molecule has 2 aliphatic rings. The molecule has 4 heterocycles. The van der Waals surface area contributed by atoms with E-state index >= 15 is 0 Å². The van der Waals surface area contributed by atoms with Crippen LogP contribution < -0.4 is 32.8 Å². The van der Waals surface area contributed by atoms with E-state index in [1.807, 2.05) is 0 Å². The van der Waals surface area contributed by atoms with Crippen LogP contribution in [-0.2, 0) is 0 Å². The largest absolute Gasteiger partial charge is 0.310 e. The first kappa shape index (κ1) is 55.7. The maximum absolute atomic E-state index is 2.73. The van der Waals surface area contributed by atoms with E-state index < -0.39 is 0 Å². The van der Waals surface area contributed by atoms with Gasteiger partial charge in [-0.15, -0.1) is 0 Å². The molecular weight excluding hydrogens is 1060 g/mol. The van der Waals surface area contributed by atoms with E-state index in [0.29, 0.717) is 11.8 Å². The molecule has 11 aromatic carbocycles. The Morgan fingerprint density at radius 3 is 0.841 bits per heavy atom. The Hall–Kier alpha value is -8.85. The standard InChI is InChI=1S/C84H78B2N2/c1-49(2)61-39-65(51(5)6)81(66(40-61)52(7)8)85-73-47-80-74(48-79(73)87-77-35-33-59(55-25-17-13-18-26-55)37-69(77)71-43-63(45-75(85)83(71)87)57-29-21-15-22-30-57)86(82-67(53(9)10)41-62(50(3)4)42-68(82)54(11)12)76-46-64(58-31-23-16-24-32-58)44-72-70-38-60(56-27-19-14-20-28-56)34-36-78(70)88(80)84(72)76/h13-54H,1-12H3. The molecule has 0 atom stereocenters. The molecule has 0 amide bonds. The van der Waals surface area contributed by atoms with Crippen molar-refractivity contribution < 1.29 is 0 Å². The van der Waals surface area contributed by atoms with E-state index in [-0.39, 0.29) is 37.1 Å². The Balaban J connectivity index is 1.16. The van der Waals surface area contributed by atoms with Crippen molar-refractivity contribution in [3.05, 3.63) is 252 Å². The van der Waals surface area contributed by atoms with Crippen LogP contribution in [0, 0.1) is 0 Å². The van der Waals surface area contributed by atoms with Crippen molar-refractivity contribution in [3.63, 3.8) is 0 Å². The molecule has 88 heavy (non-hydrogen) atoms. The van der Waals surface area contributed by atoms with E-state index in [0.717, 1.165) is 0 Å². The van der Waals surface area contributed by atoms with Crippen molar-refractivity contribution in [3.8, 4) is 55.9 Å². The summed E-state index contributed by atoms with van der Waals surface area (Å²) in [5, 5.41) is 5.14. The SMILES string of the molecule is CC(C)c1cc(C(C)C)c(B2c3cc4c(cc3-n3c5ccc(-c6ccccc6)cc5c5cc(-c6ccccc6)cc2c53)B(c2c(C(C)C)cc(C(C)C)cc2C(C)C)c2cc(-c3ccccc3)cc3c5cc(-c6ccccc6)ccc5n-4c23)c(C(C)C)c1. The lowest BCUT2D eigenvalue weighted by molar-refractivity contribution is 0.812. The molecule has 0 saturated heterocycles. The molecule has 0 radical (unpaired) electrons. The van der Waals surface area contributed by atoms with Gasteiger partial charge in [0, 0.05) is 44.0 Å². The number of benzene rings is 11. The maximum atomic E-state index is 2.73. The normalized spacial score (nSPS) is 12.9. The van der Waals surface area contributed by atoms with Gasteiger partial charge in [0.25, 0.3) is 0 Å². The molecule has 0 aliphatic carbocycles. The lowest BCUT2D eigenvalue weighted by atomic mass is 9.31. The highest BCUT2D eigenvalue weighted by Crippen LogP contribution is 2.43. The third-order valence-corrected chi connectivity index (χ3v) is 20.0. The van der Waals surface area contributed by atoms with Crippen LogP contribution in [0.5, 0.6) is 0 Å². The maximum Gasteiger partial charge on any atom is 0.247 e. The molecule has 0 fully saturated rings. The summed E-state index contributed by atoms with van der Waals surface area (Å²) in [4.78, 5) is 0. The summed E-state index contributed by atoms with van der Waals surface area (Å²) in [5.74, 6) is 1.89. The number of aromatic nitrogens is 2. The first-order valence-corrected chi connectivity index (χ1v) is 32.6. The third-order valence-electron chi connectivity index (χ3n) is 20.0. The van der Waals surface area contributed by atoms with E-state index in [2.05, 4.69) is 311 Å².